The predicted octanol–water partition coefficient (Wildman–Crippen LogP) is 5.51. The number of anilines is 1. The number of carboxylic acid groups (broad SMARTS) is 1. The first kappa shape index (κ1) is 23.3. The van der Waals surface area contributed by atoms with Crippen LogP contribution in [-0.2, 0) is 9.53 Å². The fourth-order valence-electron chi connectivity index (χ4n) is 2.89. The normalized spacial score (nSPS) is 12.9. The Morgan fingerprint density at radius 3 is 2.50 bits per heavy atom. The quantitative estimate of drug-likeness (QED) is 0.411. The van der Waals surface area contributed by atoms with E-state index in [1.54, 1.807) is 42.5 Å². The van der Waals surface area contributed by atoms with Crippen molar-refractivity contribution < 1.29 is 29.3 Å². The summed E-state index contributed by atoms with van der Waals surface area (Å²) in [5.74, 6) is -0.903. The lowest BCUT2D eigenvalue weighted by Crippen LogP contribution is -2.22. The van der Waals surface area contributed by atoms with E-state index in [1.807, 2.05) is 6.92 Å². The number of carboxylic acids is 1. The molecule has 0 aliphatic rings. The van der Waals surface area contributed by atoms with Crippen LogP contribution >= 0.6 is 15.9 Å². The number of methoxy groups -OCH3 is 1. The highest BCUT2D eigenvalue weighted by molar-refractivity contribution is 9.10. The maximum absolute atomic E-state index is 12.5. The van der Waals surface area contributed by atoms with Gasteiger partial charge in [0.05, 0.1) is 7.11 Å². The number of ether oxygens (including phenoxy) is 2. The molecule has 0 aromatic heterocycles. The number of allylic oxidation sites excluding steroid dienone is 1. The van der Waals surface area contributed by atoms with Gasteiger partial charge >= 0.3 is 12.1 Å². The van der Waals surface area contributed by atoms with E-state index >= 15 is 0 Å². The first-order valence-electron chi connectivity index (χ1n) is 9.29. The van der Waals surface area contributed by atoms with Gasteiger partial charge in [0.25, 0.3) is 0 Å². The molecule has 0 spiro atoms. The number of phenolic OH excluding ortho intramolecular Hbond substituents is 1. The van der Waals surface area contributed by atoms with Crippen molar-refractivity contribution in [2.24, 2.45) is 5.92 Å². The van der Waals surface area contributed by atoms with E-state index in [4.69, 9.17) is 14.6 Å². The van der Waals surface area contributed by atoms with E-state index in [2.05, 4.69) is 21.2 Å². The third kappa shape index (κ3) is 7.11. The van der Waals surface area contributed by atoms with E-state index in [9.17, 15) is 14.7 Å². The van der Waals surface area contributed by atoms with E-state index in [-0.39, 0.29) is 11.7 Å². The molecule has 0 saturated heterocycles. The number of aliphatic carboxylic acids is 1. The Morgan fingerprint density at radius 1 is 1.20 bits per heavy atom. The number of hydrogen-bond acceptors (Lipinski definition) is 5. The van der Waals surface area contributed by atoms with Gasteiger partial charge in [-0.15, -0.1) is 0 Å². The van der Waals surface area contributed by atoms with Gasteiger partial charge in [-0.25, -0.2) is 9.59 Å². The minimum atomic E-state index is -1.01. The Hall–Kier alpha value is -3.00. The number of phenols is 1. The number of rotatable bonds is 9. The van der Waals surface area contributed by atoms with Crippen molar-refractivity contribution in [1.82, 2.24) is 0 Å². The van der Waals surface area contributed by atoms with Gasteiger partial charge in [-0.1, -0.05) is 35.0 Å². The molecule has 7 nitrogen and oxygen atoms in total. The monoisotopic (exact) mass is 477 g/mol. The molecule has 0 heterocycles. The highest BCUT2D eigenvalue weighted by atomic mass is 79.9. The Morgan fingerprint density at radius 2 is 1.90 bits per heavy atom. The van der Waals surface area contributed by atoms with Crippen LogP contribution in [0.1, 0.15) is 31.4 Å². The Labute approximate surface area is 183 Å². The van der Waals surface area contributed by atoms with Crippen molar-refractivity contribution in [3.8, 4) is 11.5 Å². The number of carbonyl (C=O) groups is 2. The minimum Gasteiger partial charge on any atom is -0.504 e. The van der Waals surface area contributed by atoms with Gasteiger partial charge in [0.1, 0.15) is 6.10 Å². The summed E-state index contributed by atoms with van der Waals surface area (Å²) in [7, 11) is 1.45. The lowest BCUT2D eigenvalue weighted by atomic mass is 9.92. The third-order valence-electron chi connectivity index (χ3n) is 4.42. The highest BCUT2D eigenvalue weighted by Crippen LogP contribution is 2.35. The third-order valence-corrected chi connectivity index (χ3v) is 4.95. The number of amides is 1. The van der Waals surface area contributed by atoms with Gasteiger partial charge in [0.2, 0.25) is 0 Å². The second kappa shape index (κ2) is 11.3. The van der Waals surface area contributed by atoms with Gasteiger partial charge in [0.15, 0.2) is 11.5 Å². The largest absolute Gasteiger partial charge is 0.504 e. The molecule has 0 bridgehead atoms. The molecule has 3 N–H and O–H groups in total. The lowest BCUT2D eigenvalue weighted by molar-refractivity contribution is -0.131. The maximum atomic E-state index is 12.5. The Balaban J connectivity index is 2.16. The molecule has 2 aromatic carbocycles. The second-order valence-corrected chi connectivity index (χ2v) is 7.60. The number of hydrogen-bond donors (Lipinski definition) is 3. The van der Waals surface area contributed by atoms with Crippen LogP contribution in [-0.4, -0.2) is 29.4 Å². The van der Waals surface area contributed by atoms with E-state index in [0.29, 0.717) is 29.8 Å². The van der Waals surface area contributed by atoms with Crippen molar-refractivity contribution in [2.75, 3.05) is 12.4 Å². The molecule has 0 aliphatic carbocycles. The fourth-order valence-corrected chi connectivity index (χ4v) is 3.15. The van der Waals surface area contributed by atoms with E-state index in [1.165, 1.54) is 13.2 Å². The van der Waals surface area contributed by atoms with Crippen LogP contribution in [0.4, 0.5) is 10.5 Å². The van der Waals surface area contributed by atoms with Crippen LogP contribution in [0.2, 0.25) is 0 Å². The fraction of sp³-hybridized carbons (Fsp3) is 0.273. The van der Waals surface area contributed by atoms with Gasteiger partial charge in [-0.3, -0.25) is 5.32 Å². The molecule has 0 aliphatic heterocycles. The molecule has 160 valence electrons. The van der Waals surface area contributed by atoms with E-state index in [0.717, 1.165) is 10.5 Å². The number of halogens is 1. The summed E-state index contributed by atoms with van der Waals surface area (Å²) in [6, 6.07) is 11.9. The van der Waals surface area contributed by atoms with Crippen LogP contribution in [0.3, 0.4) is 0 Å². The van der Waals surface area contributed by atoms with Gasteiger partial charge in [-0.05, 0) is 60.7 Å². The van der Waals surface area contributed by atoms with Crippen LogP contribution < -0.4 is 10.1 Å². The molecule has 1 amide bonds. The molecule has 30 heavy (non-hydrogen) atoms. The van der Waals surface area contributed by atoms with Crippen molar-refractivity contribution in [1.29, 1.82) is 0 Å². The van der Waals surface area contributed by atoms with Gasteiger partial charge < -0.3 is 19.7 Å². The van der Waals surface area contributed by atoms with Crippen LogP contribution in [0.25, 0.3) is 0 Å². The average molecular weight is 478 g/mol. The maximum Gasteiger partial charge on any atom is 0.412 e. The van der Waals surface area contributed by atoms with Crippen molar-refractivity contribution in [2.45, 2.75) is 25.9 Å². The first-order chi connectivity index (χ1) is 14.3. The molecular weight excluding hydrogens is 454 g/mol. The summed E-state index contributed by atoms with van der Waals surface area (Å²) in [5.41, 5.74) is 1.19. The molecule has 2 atom stereocenters. The highest BCUT2D eigenvalue weighted by Gasteiger charge is 2.24. The van der Waals surface area contributed by atoms with Crippen molar-refractivity contribution in [3.63, 3.8) is 0 Å². The summed E-state index contributed by atoms with van der Waals surface area (Å²) in [5, 5.41) is 21.5. The number of benzene rings is 2. The van der Waals surface area contributed by atoms with Gasteiger partial charge in [0, 0.05) is 16.2 Å². The zero-order valence-electron chi connectivity index (χ0n) is 16.7. The van der Waals surface area contributed by atoms with Crippen molar-refractivity contribution in [3.05, 3.63) is 64.7 Å². The lowest BCUT2D eigenvalue weighted by Gasteiger charge is -2.25. The molecule has 0 radical (unpaired) electrons. The predicted molar refractivity (Wildman–Crippen MR) is 117 cm³/mol. The molecule has 8 heteroatoms. The topological polar surface area (TPSA) is 105 Å². The Kier molecular flexibility index (Phi) is 8.73. The number of aromatic hydroxyl groups is 1. The molecule has 0 saturated carbocycles. The summed E-state index contributed by atoms with van der Waals surface area (Å²) in [6.45, 7) is 1.90. The van der Waals surface area contributed by atoms with Crippen molar-refractivity contribution >= 4 is 33.7 Å². The molecule has 0 fully saturated rings. The SMILES string of the molecule is COc1ccc([C@@H](OC(=O)Nc2ccc(Br)cc2)[C@H](C)CC/C=C/C(=O)O)cc1O. The van der Waals surface area contributed by atoms with Crippen LogP contribution in [0.5, 0.6) is 11.5 Å². The average Bonchev–Trinajstić information content (AvgIpc) is 2.70. The molecule has 0 unspecified atom stereocenters. The summed E-state index contributed by atoms with van der Waals surface area (Å²) in [4.78, 5) is 23.1. The van der Waals surface area contributed by atoms with E-state index < -0.39 is 18.2 Å². The summed E-state index contributed by atoms with van der Waals surface area (Å²) < 4.78 is 11.6. The zero-order valence-corrected chi connectivity index (χ0v) is 18.3. The standard InChI is InChI=1S/C22H24BrNO6/c1-14(5-3-4-6-20(26)27)21(15-7-12-19(29-2)18(25)13-15)30-22(28)24-17-10-8-16(23)9-11-17/h4,6-14,21,25H,3,5H2,1-2H3,(H,24,28)(H,26,27)/b6-4+/t14-,21+/m1/s1. The summed E-state index contributed by atoms with van der Waals surface area (Å²) >= 11 is 3.34. The zero-order chi connectivity index (χ0) is 22.1. The Bertz CT molecular complexity index is 897. The molecule has 2 rings (SSSR count). The summed E-state index contributed by atoms with van der Waals surface area (Å²) in [6.07, 6.45) is 2.43. The minimum absolute atomic E-state index is 0.0603. The second-order valence-electron chi connectivity index (χ2n) is 6.68. The van der Waals surface area contributed by atoms with Crippen LogP contribution in [0, 0.1) is 5.92 Å². The number of carbonyl (C=O) groups excluding carboxylic acids is 1. The first-order valence-corrected chi connectivity index (χ1v) is 10.1. The van der Waals surface area contributed by atoms with Gasteiger partial charge in [-0.2, -0.15) is 0 Å². The molecular formula is C22H24BrNO6. The van der Waals surface area contributed by atoms with Crippen LogP contribution in [0.15, 0.2) is 59.1 Å². The molecule has 2 aromatic rings. The smallest absolute Gasteiger partial charge is 0.412 e. The number of nitrogens with one attached hydrogen (secondary N) is 1.